The van der Waals surface area contributed by atoms with E-state index < -0.39 is 0 Å². The summed E-state index contributed by atoms with van der Waals surface area (Å²) in [7, 11) is 0. The number of morpholine rings is 1. The molecule has 1 aliphatic heterocycles. The minimum absolute atomic E-state index is 0.0733. The van der Waals surface area contributed by atoms with Crippen LogP contribution in [-0.4, -0.2) is 36.7 Å². The maximum absolute atomic E-state index is 11.8. The van der Waals surface area contributed by atoms with Gasteiger partial charge in [0.1, 0.15) is 6.04 Å². The van der Waals surface area contributed by atoms with E-state index in [9.17, 15) is 4.79 Å². The third kappa shape index (κ3) is 2.56. The zero-order chi connectivity index (χ0) is 11.4. The minimum atomic E-state index is -0.270. The van der Waals surface area contributed by atoms with E-state index in [2.05, 4.69) is 15.6 Å². The highest BCUT2D eigenvalue weighted by molar-refractivity contribution is 5.95. The van der Waals surface area contributed by atoms with Crippen LogP contribution < -0.4 is 10.6 Å². The van der Waals surface area contributed by atoms with Crippen LogP contribution in [0, 0.1) is 6.92 Å². The number of aryl methyl sites for hydroxylation is 1. The van der Waals surface area contributed by atoms with Gasteiger partial charge in [0.25, 0.3) is 0 Å². The second-order valence-electron chi connectivity index (χ2n) is 3.71. The lowest BCUT2D eigenvalue weighted by atomic mass is 10.2. The Morgan fingerprint density at radius 2 is 2.56 bits per heavy atom. The van der Waals surface area contributed by atoms with Gasteiger partial charge in [-0.05, 0) is 19.1 Å². The lowest BCUT2D eigenvalue weighted by Crippen LogP contribution is -2.48. The van der Waals surface area contributed by atoms with Crippen LogP contribution in [0.5, 0.6) is 0 Å². The molecule has 1 aromatic heterocycles. The first-order valence-corrected chi connectivity index (χ1v) is 5.31. The molecular formula is C11H15N3O2. The molecule has 2 heterocycles. The Bertz CT molecular complexity index is 375. The van der Waals surface area contributed by atoms with Crippen LogP contribution in [0.1, 0.15) is 5.69 Å². The van der Waals surface area contributed by atoms with E-state index in [0.29, 0.717) is 19.8 Å². The number of nitrogens with one attached hydrogen (secondary N) is 2. The Hall–Kier alpha value is -1.46. The summed E-state index contributed by atoms with van der Waals surface area (Å²) in [6.07, 6.45) is 1.70. The maximum Gasteiger partial charge on any atom is 0.243 e. The maximum atomic E-state index is 11.8. The quantitative estimate of drug-likeness (QED) is 0.754. The molecule has 0 aliphatic carbocycles. The number of aromatic nitrogens is 1. The number of amides is 1. The highest BCUT2D eigenvalue weighted by Gasteiger charge is 2.21. The smallest absolute Gasteiger partial charge is 0.243 e. The third-order valence-electron chi connectivity index (χ3n) is 2.50. The number of rotatable bonds is 2. The molecule has 1 saturated heterocycles. The molecule has 2 rings (SSSR count). The van der Waals surface area contributed by atoms with Crippen molar-refractivity contribution in [3.05, 3.63) is 24.0 Å². The van der Waals surface area contributed by atoms with Crippen LogP contribution in [0.15, 0.2) is 18.3 Å². The van der Waals surface area contributed by atoms with Gasteiger partial charge in [-0.25, -0.2) is 0 Å². The number of carbonyl (C=O) groups excluding carboxylic acids is 1. The van der Waals surface area contributed by atoms with Crippen molar-refractivity contribution in [3.63, 3.8) is 0 Å². The Labute approximate surface area is 94.2 Å². The van der Waals surface area contributed by atoms with Crippen molar-refractivity contribution < 1.29 is 9.53 Å². The Morgan fingerprint density at radius 1 is 1.69 bits per heavy atom. The first-order valence-electron chi connectivity index (χ1n) is 5.31. The van der Waals surface area contributed by atoms with Crippen LogP contribution in [0.25, 0.3) is 0 Å². The van der Waals surface area contributed by atoms with E-state index in [1.807, 2.05) is 13.0 Å². The summed E-state index contributed by atoms with van der Waals surface area (Å²) in [5, 5.41) is 5.94. The molecule has 0 radical (unpaired) electrons. The number of ether oxygens (including phenoxy) is 1. The van der Waals surface area contributed by atoms with E-state index in [1.54, 1.807) is 12.3 Å². The van der Waals surface area contributed by atoms with Crippen LogP contribution >= 0.6 is 0 Å². The largest absolute Gasteiger partial charge is 0.378 e. The highest BCUT2D eigenvalue weighted by atomic mass is 16.5. The summed E-state index contributed by atoms with van der Waals surface area (Å²) in [6, 6.07) is 3.37. The van der Waals surface area contributed by atoms with E-state index in [4.69, 9.17) is 4.74 Å². The molecule has 2 N–H and O–H groups in total. The van der Waals surface area contributed by atoms with E-state index in [1.165, 1.54) is 0 Å². The average molecular weight is 221 g/mol. The number of carbonyl (C=O) groups is 1. The van der Waals surface area contributed by atoms with Crippen LogP contribution in [0.3, 0.4) is 0 Å². The lowest BCUT2D eigenvalue weighted by Gasteiger charge is -2.23. The van der Waals surface area contributed by atoms with Crippen molar-refractivity contribution in [1.29, 1.82) is 0 Å². The SMILES string of the molecule is Cc1ncccc1NC(=O)C1COCCN1. The van der Waals surface area contributed by atoms with Gasteiger partial charge in [0, 0.05) is 12.7 Å². The highest BCUT2D eigenvalue weighted by Crippen LogP contribution is 2.10. The molecule has 16 heavy (non-hydrogen) atoms. The molecule has 0 aromatic carbocycles. The fourth-order valence-electron chi connectivity index (χ4n) is 1.57. The number of pyridine rings is 1. The molecule has 0 bridgehead atoms. The standard InChI is InChI=1S/C11H15N3O2/c1-8-9(3-2-4-12-8)14-11(15)10-7-16-6-5-13-10/h2-4,10,13H,5-7H2,1H3,(H,14,15). The molecule has 0 saturated carbocycles. The summed E-state index contributed by atoms with van der Waals surface area (Å²) < 4.78 is 5.23. The first-order chi connectivity index (χ1) is 7.77. The van der Waals surface area contributed by atoms with E-state index in [-0.39, 0.29) is 11.9 Å². The van der Waals surface area contributed by atoms with Gasteiger partial charge in [0.2, 0.25) is 5.91 Å². The Balaban J connectivity index is 1.99. The van der Waals surface area contributed by atoms with Gasteiger partial charge in [-0.1, -0.05) is 0 Å². The summed E-state index contributed by atoms with van der Waals surface area (Å²) in [6.45, 7) is 3.66. The average Bonchev–Trinajstić information content (AvgIpc) is 2.33. The molecule has 5 heteroatoms. The molecule has 1 fully saturated rings. The molecule has 5 nitrogen and oxygen atoms in total. The van der Waals surface area contributed by atoms with Gasteiger partial charge in [0.15, 0.2) is 0 Å². The zero-order valence-corrected chi connectivity index (χ0v) is 9.19. The zero-order valence-electron chi connectivity index (χ0n) is 9.19. The predicted octanol–water partition coefficient (Wildman–Crippen LogP) is 0.317. The Kier molecular flexibility index (Phi) is 3.48. The molecule has 0 spiro atoms. The van der Waals surface area contributed by atoms with Crippen molar-refractivity contribution in [1.82, 2.24) is 10.3 Å². The molecule has 1 amide bonds. The second-order valence-corrected chi connectivity index (χ2v) is 3.71. The number of anilines is 1. The van der Waals surface area contributed by atoms with Crippen LogP contribution in [-0.2, 0) is 9.53 Å². The van der Waals surface area contributed by atoms with Crippen molar-refractivity contribution in [2.24, 2.45) is 0 Å². The molecule has 1 unspecified atom stereocenters. The number of hydrogen-bond acceptors (Lipinski definition) is 4. The van der Waals surface area contributed by atoms with E-state index in [0.717, 1.165) is 11.4 Å². The summed E-state index contributed by atoms with van der Waals surface area (Å²) in [5.74, 6) is -0.0733. The van der Waals surface area contributed by atoms with Gasteiger partial charge >= 0.3 is 0 Å². The molecule has 1 aliphatic rings. The van der Waals surface area contributed by atoms with Gasteiger partial charge in [-0.3, -0.25) is 9.78 Å². The van der Waals surface area contributed by atoms with Crippen LogP contribution in [0.2, 0.25) is 0 Å². The lowest BCUT2D eigenvalue weighted by molar-refractivity contribution is -0.120. The molecule has 86 valence electrons. The van der Waals surface area contributed by atoms with Gasteiger partial charge in [0.05, 0.1) is 24.6 Å². The summed E-state index contributed by atoms with van der Waals surface area (Å²) >= 11 is 0. The van der Waals surface area contributed by atoms with Crippen molar-refractivity contribution >= 4 is 11.6 Å². The number of hydrogen-bond donors (Lipinski definition) is 2. The van der Waals surface area contributed by atoms with Crippen molar-refractivity contribution in [2.75, 3.05) is 25.1 Å². The monoisotopic (exact) mass is 221 g/mol. The molecule has 1 atom stereocenters. The molecule has 1 aromatic rings. The topological polar surface area (TPSA) is 63.2 Å². The minimum Gasteiger partial charge on any atom is -0.378 e. The van der Waals surface area contributed by atoms with Crippen molar-refractivity contribution in [3.8, 4) is 0 Å². The van der Waals surface area contributed by atoms with Crippen LogP contribution in [0.4, 0.5) is 5.69 Å². The normalized spacial score (nSPS) is 20.4. The fourth-order valence-corrected chi connectivity index (χ4v) is 1.57. The van der Waals surface area contributed by atoms with Gasteiger partial charge < -0.3 is 15.4 Å². The first kappa shape index (κ1) is 11.0. The van der Waals surface area contributed by atoms with E-state index >= 15 is 0 Å². The van der Waals surface area contributed by atoms with Gasteiger partial charge in [-0.15, -0.1) is 0 Å². The number of nitrogens with zero attached hydrogens (tertiary/aromatic N) is 1. The second kappa shape index (κ2) is 5.05. The van der Waals surface area contributed by atoms with Gasteiger partial charge in [-0.2, -0.15) is 0 Å². The summed E-state index contributed by atoms with van der Waals surface area (Å²) in [4.78, 5) is 15.9. The summed E-state index contributed by atoms with van der Waals surface area (Å²) in [5.41, 5.74) is 1.56. The van der Waals surface area contributed by atoms with Crippen molar-refractivity contribution in [2.45, 2.75) is 13.0 Å². The fraction of sp³-hybridized carbons (Fsp3) is 0.455. The molecular weight excluding hydrogens is 206 g/mol. The third-order valence-corrected chi connectivity index (χ3v) is 2.50. The predicted molar refractivity (Wildman–Crippen MR) is 60.2 cm³/mol. The Morgan fingerprint density at radius 3 is 3.25 bits per heavy atom.